The molecule has 3 aromatic rings. The van der Waals surface area contributed by atoms with Crippen LogP contribution in [0.1, 0.15) is 36.5 Å². The Morgan fingerprint density at radius 2 is 1.77 bits per heavy atom. The molecule has 1 saturated heterocycles. The molecule has 0 spiro atoms. The van der Waals surface area contributed by atoms with Crippen LogP contribution < -0.4 is 15.5 Å². The van der Waals surface area contributed by atoms with Crippen molar-refractivity contribution < 1.29 is 18.8 Å². The summed E-state index contributed by atoms with van der Waals surface area (Å²) in [4.78, 5) is 49.5. The minimum Gasteiger partial charge on any atom is -0.352 e. The molecule has 10 heteroatoms. The summed E-state index contributed by atoms with van der Waals surface area (Å²) < 4.78 is 14.0. The van der Waals surface area contributed by atoms with Gasteiger partial charge in [0.25, 0.3) is 0 Å². The Morgan fingerprint density at radius 3 is 2.48 bits per heavy atom. The summed E-state index contributed by atoms with van der Waals surface area (Å²) in [5, 5.41) is 5.73. The number of amides is 3. The monoisotopic (exact) mass is 598 g/mol. The second kappa shape index (κ2) is 13.5. The highest BCUT2D eigenvalue weighted by molar-refractivity contribution is 6.24. The van der Waals surface area contributed by atoms with Crippen LogP contribution >= 0.6 is 0 Å². The quantitative estimate of drug-likeness (QED) is 0.361. The van der Waals surface area contributed by atoms with Crippen molar-refractivity contribution in [3.05, 3.63) is 89.2 Å². The molecule has 0 aliphatic carbocycles. The molecule has 1 atom stereocenters. The van der Waals surface area contributed by atoms with Crippen molar-refractivity contribution in [2.45, 2.75) is 26.3 Å². The fourth-order valence-electron chi connectivity index (χ4n) is 5.37. The maximum Gasteiger partial charge on any atom is 0.240 e. The zero-order valence-electron chi connectivity index (χ0n) is 25.6. The molecule has 44 heavy (non-hydrogen) atoms. The van der Waals surface area contributed by atoms with Gasteiger partial charge in [0.05, 0.1) is 17.9 Å². The Labute approximate surface area is 257 Å². The third kappa shape index (κ3) is 7.20. The number of piperazine rings is 1. The van der Waals surface area contributed by atoms with E-state index in [2.05, 4.69) is 27.5 Å². The summed E-state index contributed by atoms with van der Waals surface area (Å²) in [6.07, 6.45) is 0. The molecule has 2 heterocycles. The second-order valence-electron chi connectivity index (χ2n) is 11.8. The molecule has 5 rings (SSSR count). The number of halogens is 1. The number of anilines is 2. The van der Waals surface area contributed by atoms with Gasteiger partial charge in [-0.05, 0) is 66.2 Å². The van der Waals surface area contributed by atoms with Gasteiger partial charge < -0.3 is 20.4 Å². The summed E-state index contributed by atoms with van der Waals surface area (Å²) in [6, 6.07) is 19.1. The third-order valence-corrected chi connectivity index (χ3v) is 8.15. The highest BCUT2D eigenvalue weighted by Gasteiger charge is 2.36. The van der Waals surface area contributed by atoms with E-state index < -0.39 is 11.7 Å². The number of benzene rings is 3. The largest absolute Gasteiger partial charge is 0.352 e. The number of nitrogens with zero attached hydrogens (tertiary/aromatic N) is 4. The van der Waals surface area contributed by atoms with Gasteiger partial charge in [-0.25, -0.2) is 4.39 Å². The van der Waals surface area contributed by atoms with E-state index in [1.165, 1.54) is 12.1 Å². The molecule has 1 fully saturated rings. The topological polar surface area (TPSA) is 97.3 Å². The van der Waals surface area contributed by atoms with Crippen molar-refractivity contribution in [1.82, 2.24) is 15.1 Å². The van der Waals surface area contributed by atoms with Gasteiger partial charge in [0.15, 0.2) is 0 Å². The average molecular weight is 599 g/mol. The SMILES string of the molecule is CC(C)C(=O)NCc1cccc(C(=Nc2ccc(N(C)C(=O)CN3CCN(C)CC3)cc2)C2C(=O)Nc3cc(F)ccc32)c1. The van der Waals surface area contributed by atoms with Crippen LogP contribution in [-0.4, -0.2) is 80.1 Å². The van der Waals surface area contributed by atoms with Crippen molar-refractivity contribution in [2.75, 3.05) is 57.0 Å². The Morgan fingerprint density at radius 1 is 1.05 bits per heavy atom. The van der Waals surface area contributed by atoms with Crippen molar-refractivity contribution in [1.29, 1.82) is 0 Å². The molecule has 0 radical (unpaired) electrons. The van der Waals surface area contributed by atoms with Gasteiger partial charge in [-0.3, -0.25) is 24.3 Å². The maximum absolute atomic E-state index is 14.0. The van der Waals surface area contributed by atoms with E-state index >= 15 is 0 Å². The first-order valence-corrected chi connectivity index (χ1v) is 14.9. The van der Waals surface area contributed by atoms with Crippen LogP contribution in [0.25, 0.3) is 0 Å². The number of likely N-dealkylation sites (N-methyl/N-ethyl adjacent to an activating group) is 2. The molecule has 9 nitrogen and oxygen atoms in total. The van der Waals surface area contributed by atoms with Gasteiger partial charge in [0.1, 0.15) is 11.7 Å². The fraction of sp³-hybridized carbons (Fsp3) is 0.353. The molecule has 2 aliphatic heterocycles. The Bertz CT molecular complexity index is 1560. The first-order valence-electron chi connectivity index (χ1n) is 14.9. The zero-order chi connectivity index (χ0) is 31.4. The average Bonchev–Trinajstić information content (AvgIpc) is 3.34. The van der Waals surface area contributed by atoms with E-state index in [-0.39, 0.29) is 23.6 Å². The van der Waals surface area contributed by atoms with Crippen LogP contribution in [0.15, 0.2) is 71.7 Å². The van der Waals surface area contributed by atoms with Gasteiger partial charge in [0.2, 0.25) is 17.7 Å². The molecular weight excluding hydrogens is 559 g/mol. The second-order valence-corrected chi connectivity index (χ2v) is 11.8. The van der Waals surface area contributed by atoms with Crippen molar-refractivity contribution >= 4 is 40.5 Å². The minimum absolute atomic E-state index is 0.0133. The number of fused-ring (bicyclic) bond motifs is 1. The van der Waals surface area contributed by atoms with E-state index in [0.717, 1.165) is 37.4 Å². The van der Waals surface area contributed by atoms with E-state index in [0.29, 0.717) is 41.3 Å². The van der Waals surface area contributed by atoms with Crippen molar-refractivity contribution in [3.63, 3.8) is 0 Å². The smallest absolute Gasteiger partial charge is 0.240 e. The fourth-order valence-corrected chi connectivity index (χ4v) is 5.37. The standard InChI is InChI=1S/C34H39FN6O3/c1-22(2)33(43)36-20-23-6-5-7-24(18-23)32(31-28-13-8-25(35)19-29(28)38-34(31)44)37-26-9-11-27(12-10-26)40(4)30(42)21-41-16-14-39(3)15-17-41/h5-13,18-19,22,31H,14-17,20-21H2,1-4H3,(H,36,43)(H,38,44). The first-order chi connectivity index (χ1) is 21.1. The lowest BCUT2D eigenvalue weighted by Gasteiger charge is -2.32. The van der Waals surface area contributed by atoms with E-state index in [1.54, 1.807) is 18.0 Å². The number of aliphatic imine (C=N–C) groups is 1. The lowest BCUT2D eigenvalue weighted by molar-refractivity contribution is -0.124. The van der Waals surface area contributed by atoms with Gasteiger partial charge in [0, 0.05) is 57.1 Å². The number of hydrogen-bond donors (Lipinski definition) is 2. The van der Waals surface area contributed by atoms with E-state index in [1.807, 2.05) is 62.4 Å². The molecule has 3 amide bonds. The number of rotatable bonds is 9. The normalized spacial score (nSPS) is 17.4. The van der Waals surface area contributed by atoms with Gasteiger partial charge in [-0.2, -0.15) is 0 Å². The van der Waals surface area contributed by atoms with Crippen molar-refractivity contribution in [3.8, 4) is 0 Å². The predicted octanol–water partition coefficient (Wildman–Crippen LogP) is 4.16. The number of carbonyl (C=O) groups excluding carboxylic acids is 3. The van der Waals surface area contributed by atoms with Crippen LogP contribution in [0.5, 0.6) is 0 Å². The molecule has 2 aliphatic rings. The van der Waals surface area contributed by atoms with Crippen LogP contribution in [0.4, 0.5) is 21.5 Å². The molecule has 3 aromatic carbocycles. The molecule has 2 N–H and O–H groups in total. The molecule has 0 aromatic heterocycles. The first kappa shape index (κ1) is 31.0. The van der Waals surface area contributed by atoms with E-state index in [4.69, 9.17) is 4.99 Å². The summed E-state index contributed by atoms with van der Waals surface area (Å²) >= 11 is 0. The highest BCUT2D eigenvalue weighted by Crippen LogP contribution is 2.37. The Kier molecular flexibility index (Phi) is 9.51. The predicted molar refractivity (Wildman–Crippen MR) is 171 cm³/mol. The zero-order valence-corrected chi connectivity index (χ0v) is 25.6. The van der Waals surface area contributed by atoms with Gasteiger partial charge in [-0.1, -0.05) is 38.1 Å². The van der Waals surface area contributed by atoms with Crippen LogP contribution in [0.2, 0.25) is 0 Å². The van der Waals surface area contributed by atoms with Gasteiger partial charge >= 0.3 is 0 Å². The Hall–Kier alpha value is -4.41. The van der Waals surface area contributed by atoms with Crippen molar-refractivity contribution in [2.24, 2.45) is 10.9 Å². The summed E-state index contributed by atoms with van der Waals surface area (Å²) in [6.45, 7) is 7.98. The number of hydrogen-bond acceptors (Lipinski definition) is 6. The van der Waals surface area contributed by atoms with Crippen LogP contribution in [-0.2, 0) is 20.9 Å². The summed E-state index contributed by atoms with van der Waals surface area (Å²) in [7, 11) is 3.85. The van der Waals surface area contributed by atoms with Crippen LogP contribution in [0.3, 0.4) is 0 Å². The lowest BCUT2D eigenvalue weighted by atomic mass is 9.90. The molecule has 1 unspecified atom stereocenters. The maximum atomic E-state index is 14.0. The molecule has 0 saturated carbocycles. The van der Waals surface area contributed by atoms with E-state index in [9.17, 15) is 18.8 Å². The van der Waals surface area contributed by atoms with Crippen LogP contribution in [0, 0.1) is 11.7 Å². The molecule has 230 valence electrons. The lowest BCUT2D eigenvalue weighted by Crippen LogP contribution is -2.48. The number of carbonyl (C=O) groups is 3. The minimum atomic E-state index is -0.765. The molecule has 0 bridgehead atoms. The third-order valence-electron chi connectivity index (χ3n) is 8.15. The number of nitrogens with one attached hydrogen (secondary N) is 2. The Balaban J connectivity index is 1.43. The summed E-state index contributed by atoms with van der Waals surface area (Å²) in [5.41, 5.74) is 4.47. The molecular formula is C34H39FN6O3. The summed E-state index contributed by atoms with van der Waals surface area (Å²) in [5.74, 6) is -1.68. The van der Waals surface area contributed by atoms with Gasteiger partial charge in [-0.15, -0.1) is 0 Å². The highest BCUT2D eigenvalue weighted by atomic mass is 19.1.